The van der Waals surface area contributed by atoms with Gasteiger partial charge in [0.2, 0.25) is 0 Å². The molecule has 0 fully saturated rings. The van der Waals surface area contributed by atoms with Gasteiger partial charge in [-0.25, -0.2) is 0 Å². The molecule has 0 spiro atoms. The highest BCUT2D eigenvalue weighted by Crippen LogP contribution is 2.49. The molecule has 14 rings (SSSR count). The summed E-state index contributed by atoms with van der Waals surface area (Å²) in [6.07, 6.45) is 0. The van der Waals surface area contributed by atoms with Crippen LogP contribution in [-0.4, -0.2) is 11.8 Å². The first-order chi connectivity index (χ1) is 31.3. The van der Waals surface area contributed by atoms with E-state index in [-0.39, 0.29) is 5.41 Å². The number of furan rings is 1. The van der Waals surface area contributed by atoms with Crippen LogP contribution in [0.15, 0.2) is 174 Å². The van der Waals surface area contributed by atoms with Gasteiger partial charge in [0.05, 0.1) is 5.52 Å². The van der Waals surface area contributed by atoms with Crippen molar-refractivity contribution in [1.29, 1.82) is 0 Å². The molecule has 0 unspecified atom stereocenters. The Balaban J connectivity index is 1.15. The van der Waals surface area contributed by atoms with Crippen LogP contribution in [-0.2, 0) is 5.41 Å². The van der Waals surface area contributed by atoms with Gasteiger partial charge in [-0.1, -0.05) is 135 Å². The maximum absolute atomic E-state index is 7.28. The molecule has 0 saturated heterocycles. The van der Waals surface area contributed by atoms with Gasteiger partial charge in [-0.05, 0) is 93.6 Å². The van der Waals surface area contributed by atoms with Crippen molar-refractivity contribution in [3.63, 3.8) is 0 Å². The van der Waals surface area contributed by atoms with Gasteiger partial charge < -0.3 is 14.3 Å². The Labute approximate surface area is 378 Å². The first-order valence-corrected chi connectivity index (χ1v) is 23.6. The summed E-state index contributed by atoms with van der Waals surface area (Å²) in [6.45, 7) is 6.94. The summed E-state index contributed by atoms with van der Waals surface area (Å²) in [5, 5.41) is 13.9. The van der Waals surface area contributed by atoms with Gasteiger partial charge in [0, 0.05) is 90.2 Å². The Kier molecular flexibility index (Phi) is 7.51. The number of aromatic nitrogens is 1. The standard InChI is InChI=1S/C58H38BN2OS2/c1-58(2,3)34-24-25-45-42(27-34)52-53-38-20-7-10-21-47(38)62-57(53)54(55-56(52)61(45)46-31-51-40(29-43(46)59-55)37-19-9-12-23-49(37)64-51)41-28-39-36-18-8-11-22-48(36)63-50(39)30-44(41)60-35-17-13-16-33(26-35)32-14-5-4-6-15-32/h4-31,60H,1-3H3. The van der Waals surface area contributed by atoms with E-state index in [9.17, 15) is 0 Å². The molecule has 1 radical (unpaired) electrons. The fraction of sp³-hybridized carbons (Fsp3) is 0.0690. The largest absolute Gasteiger partial charge is 0.455 e. The predicted octanol–water partition coefficient (Wildman–Crippen LogP) is 15.8. The highest BCUT2D eigenvalue weighted by Gasteiger charge is 2.33. The number of benzene rings is 9. The van der Waals surface area contributed by atoms with Gasteiger partial charge >= 0.3 is 0 Å². The fourth-order valence-corrected chi connectivity index (χ4v) is 12.8. The molecule has 9 aromatic carbocycles. The molecular formula is C58H38BN2OS2. The van der Waals surface area contributed by atoms with Crippen LogP contribution in [0.4, 0.5) is 11.4 Å². The quantitative estimate of drug-likeness (QED) is 0.179. The van der Waals surface area contributed by atoms with Crippen molar-refractivity contribution in [3.05, 3.63) is 175 Å². The smallest absolute Gasteiger partial charge is 0.198 e. The highest BCUT2D eigenvalue weighted by molar-refractivity contribution is 7.26. The maximum Gasteiger partial charge on any atom is 0.198 e. The van der Waals surface area contributed by atoms with Gasteiger partial charge in [0.15, 0.2) is 7.28 Å². The van der Waals surface area contributed by atoms with E-state index in [0.717, 1.165) is 44.4 Å². The molecule has 13 aromatic rings. The molecule has 64 heavy (non-hydrogen) atoms. The number of nitrogens with zero attached hydrogens (tertiary/aromatic N) is 1. The summed E-state index contributed by atoms with van der Waals surface area (Å²) in [7, 11) is 2.46. The molecule has 6 heteroatoms. The van der Waals surface area contributed by atoms with Gasteiger partial charge in [0.1, 0.15) is 11.2 Å². The van der Waals surface area contributed by atoms with Crippen molar-refractivity contribution in [3.8, 4) is 27.9 Å². The molecule has 0 aliphatic carbocycles. The third kappa shape index (κ3) is 5.21. The van der Waals surface area contributed by atoms with Crippen molar-refractivity contribution in [2.24, 2.45) is 0 Å². The topological polar surface area (TPSA) is 30.1 Å². The number of rotatable bonds is 4. The monoisotopic (exact) mass is 853 g/mol. The number of hydrogen-bond donors (Lipinski definition) is 1. The van der Waals surface area contributed by atoms with E-state index in [0.29, 0.717) is 0 Å². The van der Waals surface area contributed by atoms with E-state index in [4.69, 9.17) is 4.42 Å². The number of para-hydroxylation sites is 1. The minimum atomic E-state index is -0.0342. The Bertz CT molecular complexity index is 4120. The normalized spacial score (nSPS) is 12.7. The molecule has 0 atom stereocenters. The first kappa shape index (κ1) is 36.4. The number of fused-ring (bicyclic) bond motifs is 15. The lowest BCUT2D eigenvalue weighted by Crippen LogP contribution is -2.37. The van der Waals surface area contributed by atoms with Crippen LogP contribution in [0.2, 0.25) is 0 Å². The van der Waals surface area contributed by atoms with Crippen LogP contribution in [0.25, 0.3) is 112 Å². The number of anilines is 2. The zero-order valence-electron chi connectivity index (χ0n) is 35.4. The van der Waals surface area contributed by atoms with E-state index in [2.05, 4.69) is 208 Å². The van der Waals surface area contributed by atoms with Crippen molar-refractivity contribution in [2.45, 2.75) is 26.2 Å². The van der Waals surface area contributed by atoms with E-state index >= 15 is 0 Å². The minimum Gasteiger partial charge on any atom is -0.455 e. The van der Waals surface area contributed by atoms with Crippen LogP contribution in [0.3, 0.4) is 0 Å². The maximum atomic E-state index is 7.28. The molecule has 1 aliphatic heterocycles. The summed E-state index contributed by atoms with van der Waals surface area (Å²) >= 11 is 3.73. The second-order valence-corrected chi connectivity index (χ2v) is 20.5. The van der Waals surface area contributed by atoms with Crippen LogP contribution in [0.1, 0.15) is 26.3 Å². The summed E-state index contributed by atoms with van der Waals surface area (Å²) < 4.78 is 15.0. The Morgan fingerprint density at radius 1 is 0.547 bits per heavy atom. The predicted molar refractivity (Wildman–Crippen MR) is 278 cm³/mol. The Morgan fingerprint density at radius 2 is 1.23 bits per heavy atom. The van der Waals surface area contributed by atoms with Gasteiger partial charge in [-0.2, -0.15) is 0 Å². The average Bonchev–Trinajstić information content (AvgIpc) is 4.07. The van der Waals surface area contributed by atoms with Crippen LogP contribution < -0.4 is 16.2 Å². The van der Waals surface area contributed by atoms with E-state index < -0.39 is 0 Å². The number of thiophene rings is 2. The Hall–Kier alpha value is -7.12. The summed E-state index contributed by atoms with van der Waals surface area (Å²) in [6, 6.07) is 62.5. The second kappa shape index (κ2) is 13.2. The van der Waals surface area contributed by atoms with Gasteiger partial charge in [-0.3, -0.25) is 0 Å². The summed E-state index contributed by atoms with van der Waals surface area (Å²) in [4.78, 5) is 0. The highest BCUT2D eigenvalue weighted by atomic mass is 32.1. The third-order valence-corrected chi connectivity index (χ3v) is 15.8. The molecule has 0 bridgehead atoms. The fourth-order valence-electron chi connectivity index (χ4n) is 10.5. The molecule has 1 aliphatic rings. The van der Waals surface area contributed by atoms with Gasteiger partial charge in [-0.15, -0.1) is 22.7 Å². The minimum absolute atomic E-state index is 0.0342. The van der Waals surface area contributed by atoms with Crippen LogP contribution >= 0.6 is 22.7 Å². The molecule has 0 saturated carbocycles. The van der Waals surface area contributed by atoms with E-state index in [1.54, 1.807) is 0 Å². The lowest BCUT2D eigenvalue weighted by atomic mass is 9.58. The molecule has 3 nitrogen and oxygen atoms in total. The third-order valence-electron chi connectivity index (χ3n) is 13.5. The summed E-state index contributed by atoms with van der Waals surface area (Å²) in [5.74, 6) is 0. The molecule has 5 heterocycles. The van der Waals surface area contributed by atoms with Crippen molar-refractivity contribution in [1.82, 2.24) is 4.57 Å². The molecule has 301 valence electrons. The number of nitrogens with one attached hydrogen (secondary N) is 1. The summed E-state index contributed by atoms with van der Waals surface area (Å²) in [5.41, 5.74) is 15.7. The van der Waals surface area contributed by atoms with Crippen molar-refractivity contribution >= 4 is 136 Å². The average molecular weight is 854 g/mol. The second-order valence-electron chi connectivity index (χ2n) is 18.3. The lowest BCUT2D eigenvalue weighted by Gasteiger charge is -2.24. The number of hydrogen-bond acceptors (Lipinski definition) is 4. The molecule has 1 N–H and O–H groups in total. The zero-order chi connectivity index (χ0) is 42.4. The van der Waals surface area contributed by atoms with Crippen molar-refractivity contribution in [2.75, 3.05) is 5.32 Å². The van der Waals surface area contributed by atoms with Crippen LogP contribution in [0, 0.1) is 0 Å². The molecule has 0 amide bonds. The van der Waals surface area contributed by atoms with Crippen LogP contribution in [0.5, 0.6) is 0 Å². The van der Waals surface area contributed by atoms with E-state index in [1.165, 1.54) is 95.5 Å². The molecule has 4 aromatic heterocycles. The van der Waals surface area contributed by atoms with E-state index in [1.807, 2.05) is 22.7 Å². The lowest BCUT2D eigenvalue weighted by molar-refractivity contribution is 0.591. The Morgan fingerprint density at radius 3 is 2.02 bits per heavy atom. The molecular weight excluding hydrogens is 816 g/mol. The SMILES string of the molecule is CC(C)(C)c1ccc2c(c1)c1c3c(oc4ccccc43)c(-c3cc4c(cc3Nc3cccc(-c5ccccc5)c3)sc3ccccc34)c3c1n2-c1cc2sc4ccccc4c2cc1[B]3. The first-order valence-electron chi connectivity index (χ1n) is 22.0. The van der Waals surface area contributed by atoms with Gasteiger partial charge in [0.25, 0.3) is 0 Å². The zero-order valence-corrected chi connectivity index (χ0v) is 37.0. The van der Waals surface area contributed by atoms with Crippen molar-refractivity contribution < 1.29 is 4.42 Å².